The van der Waals surface area contributed by atoms with E-state index in [4.69, 9.17) is 0 Å². The Morgan fingerprint density at radius 2 is 1.64 bits per heavy atom. The van der Waals surface area contributed by atoms with Crippen molar-refractivity contribution in [3.63, 3.8) is 0 Å². The van der Waals surface area contributed by atoms with E-state index in [0.29, 0.717) is 0 Å². The van der Waals surface area contributed by atoms with Gasteiger partial charge in [0.2, 0.25) is 0 Å². The molecule has 0 aliphatic rings. The lowest BCUT2D eigenvalue weighted by molar-refractivity contribution is 1.17. The highest BCUT2D eigenvalue weighted by Gasteiger charge is 2.02. The molecular weight excluding hydrogens is 308 g/mol. The van der Waals surface area contributed by atoms with Gasteiger partial charge in [0, 0.05) is 26.9 Å². The van der Waals surface area contributed by atoms with E-state index in [1.54, 1.807) is 18.5 Å². The quantitative estimate of drug-likeness (QED) is 0.803. The van der Waals surface area contributed by atoms with Gasteiger partial charge in [0.25, 0.3) is 0 Å². The zero-order chi connectivity index (χ0) is 9.97. The van der Waals surface area contributed by atoms with E-state index >= 15 is 0 Å². The van der Waals surface area contributed by atoms with Crippen LogP contribution < -0.4 is 0 Å². The molecule has 0 aliphatic heterocycles. The zero-order valence-corrected chi connectivity index (χ0v) is 10.3. The van der Waals surface area contributed by atoms with Crippen LogP contribution in [0.4, 0.5) is 0 Å². The Kier molecular flexibility index (Phi) is 2.93. The van der Waals surface area contributed by atoms with Crippen molar-refractivity contribution in [1.82, 2.24) is 9.97 Å². The van der Waals surface area contributed by atoms with Gasteiger partial charge in [0.15, 0.2) is 5.82 Å². The smallest absolute Gasteiger partial charge is 0.159 e. The molecule has 1 aromatic carbocycles. The molecule has 1 aromatic heterocycles. The van der Waals surface area contributed by atoms with Gasteiger partial charge < -0.3 is 0 Å². The van der Waals surface area contributed by atoms with Crippen LogP contribution in [0.1, 0.15) is 0 Å². The summed E-state index contributed by atoms with van der Waals surface area (Å²) in [6, 6.07) is 7.73. The molecule has 0 saturated heterocycles. The second-order valence-electron chi connectivity index (χ2n) is 2.70. The second-order valence-corrected chi connectivity index (χ2v) is 4.41. The van der Waals surface area contributed by atoms with Crippen LogP contribution in [-0.4, -0.2) is 9.97 Å². The molecule has 2 aromatic rings. The third-order valence-corrected chi connectivity index (χ3v) is 3.62. The highest BCUT2D eigenvalue weighted by Crippen LogP contribution is 2.27. The summed E-state index contributed by atoms with van der Waals surface area (Å²) in [5.74, 6) is 0.737. The molecule has 0 aliphatic carbocycles. The van der Waals surface area contributed by atoms with Gasteiger partial charge in [-0.1, -0.05) is 0 Å². The maximum absolute atomic E-state index is 4.17. The molecule has 0 saturated carbocycles. The predicted octanol–water partition coefficient (Wildman–Crippen LogP) is 3.67. The highest BCUT2D eigenvalue weighted by atomic mass is 79.9. The van der Waals surface area contributed by atoms with Gasteiger partial charge in [-0.2, -0.15) is 0 Å². The highest BCUT2D eigenvalue weighted by molar-refractivity contribution is 9.13. The Labute approximate surface area is 98.7 Å². The van der Waals surface area contributed by atoms with Crippen LogP contribution in [0, 0.1) is 0 Å². The van der Waals surface area contributed by atoms with E-state index in [1.807, 2.05) is 18.2 Å². The third-order valence-electron chi connectivity index (χ3n) is 1.74. The Hall–Kier alpha value is -0.740. The van der Waals surface area contributed by atoms with Crippen LogP contribution in [0.2, 0.25) is 0 Å². The molecule has 0 atom stereocenters. The van der Waals surface area contributed by atoms with Gasteiger partial charge in [-0.15, -0.1) is 0 Å². The first-order valence-electron chi connectivity index (χ1n) is 4.00. The first kappa shape index (κ1) is 9.80. The van der Waals surface area contributed by atoms with E-state index in [0.717, 1.165) is 20.3 Å². The van der Waals surface area contributed by atoms with Crippen molar-refractivity contribution >= 4 is 31.9 Å². The molecule has 14 heavy (non-hydrogen) atoms. The largest absolute Gasteiger partial charge is 0.237 e. The normalized spacial score (nSPS) is 10.1. The summed E-state index contributed by atoms with van der Waals surface area (Å²) in [7, 11) is 0. The molecule has 0 amide bonds. The number of rotatable bonds is 1. The Bertz CT molecular complexity index is 443. The number of hydrogen-bond donors (Lipinski definition) is 0. The van der Waals surface area contributed by atoms with Crippen LogP contribution in [0.25, 0.3) is 11.4 Å². The van der Waals surface area contributed by atoms with Crippen LogP contribution in [-0.2, 0) is 0 Å². The number of hydrogen-bond acceptors (Lipinski definition) is 2. The molecule has 2 nitrogen and oxygen atoms in total. The molecule has 1 heterocycles. The number of aromatic nitrogens is 2. The minimum Gasteiger partial charge on any atom is -0.237 e. The molecular formula is C10H6Br2N2. The second kappa shape index (κ2) is 4.19. The third kappa shape index (κ3) is 2.01. The maximum atomic E-state index is 4.17. The van der Waals surface area contributed by atoms with E-state index in [-0.39, 0.29) is 0 Å². The van der Waals surface area contributed by atoms with Crippen molar-refractivity contribution in [2.75, 3.05) is 0 Å². The standard InChI is InChI=1S/C10H6Br2N2/c11-8-3-2-7(6-9(8)12)10-13-4-1-5-14-10/h1-6H. The van der Waals surface area contributed by atoms with E-state index in [9.17, 15) is 0 Å². The summed E-state index contributed by atoms with van der Waals surface area (Å²) in [6.45, 7) is 0. The predicted molar refractivity (Wildman–Crippen MR) is 62.9 cm³/mol. The minimum absolute atomic E-state index is 0.737. The Morgan fingerprint density at radius 3 is 2.29 bits per heavy atom. The first-order chi connectivity index (χ1) is 6.77. The van der Waals surface area contributed by atoms with Crippen LogP contribution in [0.3, 0.4) is 0 Å². The molecule has 0 radical (unpaired) electrons. The fourth-order valence-electron chi connectivity index (χ4n) is 1.08. The molecule has 70 valence electrons. The van der Waals surface area contributed by atoms with Crippen LogP contribution in [0.15, 0.2) is 45.6 Å². The average molecular weight is 314 g/mol. The Morgan fingerprint density at radius 1 is 0.929 bits per heavy atom. The summed E-state index contributed by atoms with van der Waals surface area (Å²) < 4.78 is 2.03. The van der Waals surface area contributed by atoms with Gasteiger partial charge in [-0.25, -0.2) is 9.97 Å². The van der Waals surface area contributed by atoms with Crippen molar-refractivity contribution in [1.29, 1.82) is 0 Å². The van der Waals surface area contributed by atoms with E-state index < -0.39 is 0 Å². The monoisotopic (exact) mass is 312 g/mol. The summed E-state index contributed by atoms with van der Waals surface area (Å²) in [6.07, 6.45) is 3.47. The van der Waals surface area contributed by atoms with Crippen LogP contribution >= 0.6 is 31.9 Å². The van der Waals surface area contributed by atoms with Crippen molar-refractivity contribution in [3.8, 4) is 11.4 Å². The minimum atomic E-state index is 0.737. The fraction of sp³-hybridized carbons (Fsp3) is 0. The van der Waals surface area contributed by atoms with E-state index in [1.165, 1.54) is 0 Å². The molecule has 0 fully saturated rings. The zero-order valence-electron chi connectivity index (χ0n) is 7.11. The molecule has 0 bridgehead atoms. The van der Waals surface area contributed by atoms with Gasteiger partial charge in [0.05, 0.1) is 0 Å². The lowest BCUT2D eigenvalue weighted by Gasteiger charge is -2.01. The van der Waals surface area contributed by atoms with Gasteiger partial charge in [-0.3, -0.25) is 0 Å². The maximum Gasteiger partial charge on any atom is 0.159 e. The lowest BCUT2D eigenvalue weighted by Crippen LogP contribution is -1.86. The van der Waals surface area contributed by atoms with Crippen molar-refractivity contribution in [2.45, 2.75) is 0 Å². The van der Waals surface area contributed by atoms with Crippen molar-refractivity contribution in [2.24, 2.45) is 0 Å². The van der Waals surface area contributed by atoms with Gasteiger partial charge in [-0.05, 0) is 56.1 Å². The fourth-order valence-corrected chi connectivity index (χ4v) is 1.71. The molecule has 0 spiro atoms. The summed E-state index contributed by atoms with van der Waals surface area (Å²) in [5.41, 5.74) is 1.00. The summed E-state index contributed by atoms with van der Waals surface area (Å²) in [5, 5.41) is 0. The lowest BCUT2D eigenvalue weighted by atomic mass is 10.2. The average Bonchev–Trinajstić information content (AvgIpc) is 2.23. The first-order valence-corrected chi connectivity index (χ1v) is 5.58. The van der Waals surface area contributed by atoms with Crippen molar-refractivity contribution < 1.29 is 0 Å². The Balaban J connectivity index is 2.48. The topological polar surface area (TPSA) is 25.8 Å². The van der Waals surface area contributed by atoms with Crippen molar-refractivity contribution in [3.05, 3.63) is 45.6 Å². The number of halogens is 2. The molecule has 0 unspecified atom stereocenters. The molecule has 4 heteroatoms. The van der Waals surface area contributed by atoms with Gasteiger partial charge in [0.1, 0.15) is 0 Å². The van der Waals surface area contributed by atoms with E-state index in [2.05, 4.69) is 41.8 Å². The summed E-state index contributed by atoms with van der Waals surface area (Å²) in [4.78, 5) is 8.35. The summed E-state index contributed by atoms with van der Waals surface area (Å²) >= 11 is 6.86. The molecule has 0 N–H and O–H groups in total. The molecule has 2 rings (SSSR count). The number of nitrogens with zero attached hydrogens (tertiary/aromatic N) is 2. The SMILES string of the molecule is Brc1ccc(-c2ncccn2)cc1Br. The van der Waals surface area contributed by atoms with Gasteiger partial charge >= 0.3 is 0 Å². The van der Waals surface area contributed by atoms with Crippen LogP contribution in [0.5, 0.6) is 0 Å². The number of benzene rings is 1.